The van der Waals surface area contributed by atoms with Gasteiger partial charge in [0.05, 0.1) is 33.1 Å². The molecule has 7 rings (SSSR count). The number of fused-ring (bicyclic) bond motifs is 2. The maximum Gasteiger partial charge on any atom is 0.257 e. The quantitative estimate of drug-likeness (QED) is 0.306. The molecule has 3 aromatic carbocycles. The summed E-state index contributed by atoms with van der Waals surface area (Å²) in [6.07, 6.45) is 5.40. The zero-order chi connectivity index (χ0) is 28.2. The van der Waals surface area contributed by atoms with Crippen molar-refractivity contribution in [3.63, 3.8) is 0 Å². The number of nitrogens with zero attached hydrogens (tertiary/aromatic N) is 1. The first-order chi connectivity index (χ1) is 19.8. The fourth-order valence-electron chi connectivity index (χ4n) is 5.54. The van der Waals surface area contributed by atoms with E-state index in [1.54, 1.807) is 18.3 Å². The molecule has 3 heterocycles. The Morgan fingerprint density at radius 1 is 1.10 bits per heavy atom. The summed E-state index contributed by atoms with van der Waals surface area (Å²) < 4.78 is 32.5. The summed E-state index contributed by atoms with van der Waals surface area (Å²) >= 11 is 1.48. The highest BCUT2D eigenvalue weighted by molar-refractivity contribution is 7.91. The molecule has 41 heavy (non-hydrogen) atoms. The van der Waals surface area contributed by atoms with E-state index in [9.17, 15) is 18.0 Å². The van der Waals surface area contributed by atoms with Crippen molar-refractivity contribution in [3.05, 3.63) is 88.9 Å². The van der Waals surface area contributed by atoms with Gasteiger partial charge in [-0.05, 0) is 74.0 Å². The number of ether oxygens (including phenoxy) is 1. The Balaban J connectivity index is 1.00. The number of benzene rings is 3. The topological polar surface area (TPSA) is 126 Å². The molecule has 3 N–H and O–H groups in total. The number of rotatable bonds is 6. The molecule has 1 saturated carbocycles. The van der Waals surface area contributed by atoms with Gasteiger partial charge in [-0.15, -0.1) is 11.3 Å². The standard InChI is InChI=1S/C30H26N4O5S2/c35-27(19-8-11-25-23(14-19)34-28(36)22-4-1-2-5-24(22)41(25,37)38)31-16-21-17-32-29(40-21)18-6-9-20(10-7-18)39-26-15-30(26)12-3-13-33-30/h1-2,4-11,14,17,26,33H,3,12-13,15-16H2,(H,31,35)(H,34,36). The Bertz CT molecular complexity index is 1790. The summed E-state index contributed by atoms with van der Waals surface area (Å²) in [5.41, 5.74) is 1.52. The molecule has 2 aliphatic heterocycles. The molecule has 1 saturated heterocycles. The van der Waals surface area contributed by atoms with Gasteiger partial charge in [0, 0.05) is 28.6 Å². The van der Waals surface area contributed by atoms with E-state index in [1.165, 1.54) is 54.5 Å². The lowest BCUT2D eigenvalue weighted by Gasteiger charge is -2.11. The molecular formula is C30H26N4O5S2. The normalized spacial score (nSPS) is 21.9. The maximum atomic E-state index is 13.2. The van der Waals surface area contributed by atoms with Crippen LogP contribution in [0, 0.1) is 0 Å². The lowest BCUT2D eigenvalue weighted by Crippen LogP contribution is -2.29. The van der Waals surface area contributed by atoms with Crippen LogP contribution in [0.3, 0.4) is 0 Å². The molecular weight excluding hydrogens is 560 g/mol. The van der Waals surface area contributed by atoms with Crippen molar-refractivity contribution < 1.29 is 22.7 Å². The van der Waals surface area contributed by atoms with Crippen molar-refractivity contribution in [3.8, 4) is 16.3 Å². The zero-order valence-electron chi connectivity index (χ0n) is 21.8. The average Bonchev–Trinajstić information content (AvgIpc) is 3.30. The number of thiazole rings is 1. The second-order valence-corrected chi connectivity index (χ2v) is 13.5. The van der Waals surface area contributed by atoms with Crippen LogP contribution in [0.1, 0.15) is 44.9 Å². The third-order valence-electron chi connectivity index (χ3n) is 7.84. The highest BCUT2D eigenvalue weighted by Crippen LogP contribution is 2.46. The van der Waals surface area contributed by atoms with Crippen LogP contribution in [0.4, 0.5) is 5.69 Å². The lowest BCUT2D eigenvalue weighted by molar-refractivity contribution is 0.0949. The SMILES string of the molecule is O=C(NCc1cnc(-c2ccc(OC3CC34CCCN4)cc2)s1)c1ccc2c(c1)NC(=O)c1ccccc1S2(=O)=O. The summed E-state index contributed by atoms with van der Waals surface area (Å²) in [5, 5.41) is 9.89. The lowest BCUT2D eigenvalue weighted by atomic mass is 10.1. The summed E-state index contributed by atoms with van der Waals surface area (Å²) in [5.74, 6) is -0.0891. The number of carbonyl (C=O) groups is 2. The third kappa shape index (κ3) is 4.69. The van der Waals surface area contributed by atoms with Crippen molar-refractivity contribution in [1.82, 2.24) is 15.6 Å². The van der Waals surface area contributed by atoms with Gasteiger partial charge in [0.2, 0.25) is 9.84 Å². The first-order valence-corrected chi connectivity index (χ1v) is 15.7. The zero-order valence-corrected chi connectivity index (χ0v) is 23.5. The molecule has 11 heteroatoms. The second kappa shape index (κ2) is 9.79. The van der Waals surface area contributed by atoms with Crippen LogP contribution in [-0.2, 0) is 16.4 Å². The van der Waals surface area contributed by atoms with Gasteiger partial charge < -0.3 is 20.7 Å². The minimum absolute atomic E-state index is 0.0530. The van der Waals surface area contributed by atoms with E-state index >= 15 is 0 Å². The van der Waals surface area contributed by atoms with E-state index in [2.05, 4.69) is 20.9 Å². The van der Waals surface area contributed by atoms with Gasteiger partial charge >= 0.3 is 0 Å². The van der Waals surface area contributed by atoms with Crippen molar-refractivity contribution in [2.24, 2.45) is 0 Å². The van der Waals surface area contributed by atoms with E-state index in [0.29, 0.717) is 0 Å². The highest BCUT2D eigenvalue weighted by Gasteiger charge is 2.57. The highest BCUT2D eigenvalue weighted by atomic mass is 32.2. The molecule has 2 atom stereocenters. The molecule has 1 aromatic heterocycles. The second-order valence-electron chi connectivity index (χ2n) is 10.5. The van der Waals surface area contributed by atoms with Crippen molar-refractivity contribution in [2.45, 2.75) is 47.2 Å². The summed E-state index contributed by atoms with van der Waals surface area (Å²) in [6, 6.07) is 18.1. The van der Waals surface area contributed by atoms with Crippen molar-refractivity contribution in [1.29, 1.82) is 0 Å². The molecule has 1 spiro atoms. The van der Waals surface area contributed by atoms with Crippen LogP contribution in [0.2, 0.25) is 0 Å². The fourth-order valence-corrected chi connectivity index (χ4v) is 7.99. The van der Waals surface area contributed by atoms with Crippen molar-refractivity contribution in [2.75, 3.05) is 11.9 Å². The van der Waals surface area contributed by atoms with Gasteiger partial charge in [0.15, 0.2) is 0 Å². The number of amides is 2. The Morgan fingerprint density at radius 2 is 1.93 bits per heavy atom. The van der Waals surface area contributed by atoms with Crippen LogP contribution in [0.25, 0.3) is 10.6 Å². The van der Waals surface area contributed by atoms with Crippen LogP contribution in [0.15, 0.2) is 82.7 Å². The van der Waals surface area contributed by atoms with E-state index in [-0.39, 0.29) is 44.8 Å². The van der Waals surface area contributed by atoms with Crippen molar-refractivity contribution >= 4 is 38.7 Å². The number of anilines is 1. The van der Waals surface area contributed by atoms with Gasteiger partial charge in [-0.1, -0.05) is 12.1 Å². The summed E-state index contributed by atoms with van der Waals surface area (Å²) in [4.78, 5) is 30.9. The summed E-state index contributed by atoms with van der Waals surface area (Å²) in [7, 11) is -3.94. The maximum absolute atomic E-state index is 13.2. The molecule has 2 unspecified atom stereocenters. The molecule has 2 amide bonds. The first kappa shape index (κ1) is 25.9. The predicted molar refractivity (Wildman–Crippen MR) is 154 cm³/mol. The minimum Gasteiger partial charge on any atom is -0.488 e. The Hall–Kier alpha value is -4.06. The van der Waals surface area contributed by atoms with E-state index < -0.39 is 21.7 Å². The van der Waals surface area contributed by atoms with Gasteiger partial charge in [0.25, 0.3) is 11.8 Å². The summed E-state index contributed by atoms with van der Waals surface area (Å²) in [6.45, 7) is 1.32. The van der Waals surface area contributed by atoms with Crippen LogP contribution in [-0.4, -0.2) is 43.4 Å². The smallest absolute Gasteiger partial charge is 0.257 e. The Morgan fingerprint density at radius 3 is 2.73 bits per heavy atom. The molecule has 9 nitrogen and oxygen atoms in total. The predicted octanol–water partition coefficient (Wildman–Crippen LogP) is 4.41. The van der Waals surface area contributed by atoms with Gasteiger partial charge in [-0.3, -0.25) is 9.59 Å². The average molecular weight is 587 g/mol. The number of aromatic nitrogens is 1. The molecule has 0 radical (unpaired) electrons. The van der Waals surface area contributed by atoms with E-state index in [1.807, 2.05) is 24.3 Å². The molecule has 208 valence electrons. The van der Waals surface area contributed by atoms with Crippen LogP contribution in [0.5, 0.6) is 5.75 Å². The van der Waals surface area contributed by atoms with E-state index in [4.69, 9.17) is 4.74 Å². The number of sulfone groups is 1. The number of hydrogen-bond donors (Lipinski definition) is 3. The molecule has 3 aliphatic rings. The molecule has 0 bridgehead atoms. The monoisotopic (exact) mass is 586 g/mol. The van der Waals surface area contributed by atoms with Gasteiger partial charge in [0.1, 0.15) is 16.9 Å². The number of carbonyl (C=O) groups excluding carboxylic acids is 2. The molecule has 1 aliphatic carbocycles. The van der Waals surface area contributed by atoms with Crippen LogP contribution >= 0.6 is 11.3 Å². The largest absolute Gasteiger partial charge is 0.488 e. The number of hydrogen-bond acceptors (Lipinski definition) is 8. The molecule has 2 fully saturated rings. The van der Waals surface area contributed by atoms with Gasteiger partial charge in [-0.2, -0.15) is 0 Å². The number of nitrogens with one attached hydrogen (secondary N) is 3. The first-order valence-electron chi connectivity index (χ1n) is 13.4. The minimum atomic E-state index is -3.94. The fraction of sp³-hybridized carbons (Fsp3) is 0.233. The van der Waals surface area contributed by atoms with E-state index in [0.717, 1.165) is 34.2 Å². The van der Waals surface area contributed by atoms with Gasteiger partial charge in [-0.25, -0.2) is 13.4 Å². The Kier molecular flexibility index (Phi) is 6.18. The molecule has 4 aromatic rings. The third-order valence-corrected chi connectivity index (χ3v) is 10.8. The van der Waals surface area contributed by atoms with Crippen LogP contribution < -0.4 is 20.7 Å². The Labute approximate surface area is 240 Å².